The number of carbonyl (C=O) groups excluding carboxylic acids is 2. The first-order chi connectivity index (χ1) is 13.5. The SMILES string of the molecule is O=C(COc1ccccc1Cl)NCC(=O)Nc1cccc2c(=O)[nH][nH]c(=O)c12. The Hall–Kier alpha value is -3.59. The number of anilines is 1. The summed E-state index contributed by atoms with van der Waals surface area (Å²) in [6.07, 6.45) is 0. The predicted molar refractivity (Wildman–Crippen MR) is 104 cm³/mol. The van der Waals surface area contributed by atoms with Crippen molar-refractivity contribution in [3.63, 3.8) is 0 Å². The van der Waals surface area contributed by atoms with E-state index in [4.69, 9.17) is 16.3 Å². The molecule has 4 N–H and O–H groups in total. The first-order valence-electron chi connectivity index (χ1n) is 8.13. The maximum absolute atomic E-state index is 12.1. The molecular weight excluding hydrogens is 388 g/mol. The zero-order valence-electron chi connectivity index (χ0n) is 14.4. The van der Waals surface area contributed by atoms with Gasteiger partial charge in [-0.1, -0.05) is 29.8 Å². The van der Waals surface area contributed by atoms with Gasteiger partial charge in [0.15, 0.2) is 6.61 Å². The fourth-order valence-corrected chi connectivity index (χ4v) is 2.65. The van der Waals surface area contributed by atoms with Gasteiger partial charge in [-0.25, -0.2) is 0 Å². The summed E-state index contributed by atoms with van der Waals surface area (Å²) in [6, 6.07) is 11.2. The van der Waals surface area contributed by atoms with Gasteiger partial charge in [0.1, 0.15) is 5.75 Å². The summed E-state index contributed by atoms with van der Waals surface area (Å²) in [5, 5.41) is 9.86. The lowest BCUT2D eigenvalue weighted by Crippen LogP contribution is -2.36. The highest BCUT2D eigenvalue weighted by molar-refractivity contribution is 6.32. The molecule has 0 atom stereocenters. The lowest BCUT2D eigenvalue weighted by Gasteiger charge is -2.10. The molecule has 0 saturated heterocycles. The van der Waals surface area contributed by atoms with E-state index in [2.05, 4.69) is 20.8 Å². The van der Waals surface area contributed by atoms with Crippen molar-refractivity contribution in [2.45, 2.75) is 0 Å². The highest BCUT2D eigenvalue weighted by Crippen LogP contribution is 2.22. The molecule has 0 bridgehead atoms. The fourth-order valence-electron chi connectivity index (χ4n) is 2.46. The summed E-state index contributed by atoms with van der Waals surface area (Å²) >= 11 is 5.92. The van der Waals surface area contributed by atoms with Crippen LogP contribution < -0.4 is 26.5 Å². The molecule has 0 aliphatic heterocycles. The number of benzene rings is 2. The maximum Gasteiger partial charge on any atom is 0.272 e. The molecule has 28 heavy (non-hydrogen) atoms. The molecule has 0 aliphatic rings. The van der Waals surface area contributed by atoms with Crippen LogP contribution in [0.3, 0.4) is 0 Å². The van der Waals surface area contributed by atoms with Crippen molar-refractivity contribution in [1.82, 2.24) is 15.5 Å². The van der Waals surface area contributed by atoms with Crippen LogP contribution in [0.2, 0.25) is 5.02 Å². The minimum absolute atomic E-state index is 0.0491. The molecule has 0 spiro atoms. The third-order valence-corrected chi connectivity index (χ3v) is 4.05. The quantitative estimate of drug-likeness (QED) is 0.488. The van der Waals surface area contributed by atoms with Gasteiger partial charge in [0.2, 0.25) is 5.91 Å². The van der Waals surface area contributed by atoms with Crippen LogP contribution in [0.5, 0.6) is 5.75 Å². The number of carbonyl (C=O) groups is 2. The summed E-state index contributed by atoms with van der Waals surface area (Å²) in [6.45, 7) is -0.664. The summed E-state index contributed by atoms with van der Waals surface area (Å²) in [7, 11) is 0. The second-order valence-electron chi connectivity index (χ2n) is 5.68. The molecule has 144 valence electrons. The topological polar surface area (TPSA) is 133 Å². The minimum atomic E-state index is -0.571. The van der Waals surface area contributed by atoms with E-state index < -0.39 is 22.9 Å². The van der Waals surface area contributed by atoms with E-state index in [1.54, 1.807) is 24.3 Å². The van der Waals surface area contributed by atoms with Crippen molar-refractivity contribution < 1.29 is 14.3 Å². The van der Waals surface area contributed by atoms with Crippen molar-refractivity contribution in [3.8, 4) is 5.75 Å². The van der Waals surface area contributed by atoms with E-state index in [1.807, 2.05) is 0 Å². The number of halogens is 1. The molecule has 3 aromatic rings. The van der Waals surface area contributed by atoms with Gasteiger partial charge in [-0.3, -0.25) is 29.4 Å². The summed E-state index contributed by atoms with van der Waals surface area (Å²) < 4.78 is 5.28. The highest BCUT2D eigenvalue weighted by atomic mass is 35.5. The Kier molecular flexibility index (Phi) is 5.75. The Morgan fingerprint density at radius 2 is 1.71 bits per heavy atom. The van der Waals surface area contributed by atoms with Crippen LogP contribution in [0.15, 0.2) is 52.1 Å². The highest BCUT2D eigenvalue weighted by Gasteiger charge is 2.12. The average Bonchev–Trinajstić information content (AvgIpc) is 2.69. The van der Waals surface area contributed by atoms with E-state index in [0.29, 0.717) is 10.8 Å². The van der Waals surface area contributed by atoms with Crippen LogP contribution in [0.1, 0.15) is 0 Å². The number of H-pyrrole nitrogens is 2. The monoisotopic (exact) mass is 402 g/mol. The van der Waals surface area contributed by atoms with Gasteiger partial charge in [-0.2, -0.15) is 0 Å². The molecule has 0 aliphatic carbocycles. The molecular formula is C18H15ClN4O5. The molecule has 1 heterocycles. The zero-order valence-corrected chi connectivity index (χ0v) is 15.1. The standard InChI is InChI=1S/C18H15ClN4O5/c19-11-5-1-2-7-13(11)28-9-15(25)20-8-14(24)21-12-6-3-4-10-16(12)18(27)23-22-17(10)26/h1-7H,8-9H2,(H,20,25)(H,21,24)(H,22,26)(H,23,27). The van der Waals surface area contributed by atoms with Gasteiger partial charge < -0.3 is 15.4 Å². The lowest BCUT2D eigenvalue weighted by molar-refractivity contribution is -0.125. The minimum Gasteiger partial charge on any atom is -0.482 e. The third-order valence-electron chi connectivity index (χ3n) is 3.74. The van der Waals surface area contributed by atoms with Crippen LogP contribution in [0.25, 0.3) is 10.8 Å². The summed E-state index contributed by atoms with van der Waals surface area (Å²) in [5.41, 5.74) is -0.880. The fraction of sp³-hybridized carbons (Fsp3) is 0.111. The average molecular weight is 403 g/mol. The molecule has 2 aromatic carbocycles. The summed E-state index contributed by atoms with van der Waals surface area (Å²) in [5.74, 6) is -0.746. The number of hydrogen-bond donors (Lipinski definition) is 4. The first-order valence-corrected chi connectivity index (χ1v) is 8.51. The number of para-hydroxylation sites is 1. The number of fused-ring (bicyclic) bond motifs is 1. The predicted octanol–water partition coefficient (Wildman–Crippen LogP) is 1.00. The number of ether oxygens (including phenoxy) is 1. The Morgan fingerprint density at radius 3 is 2.50 bits per heavy atom. The molecule has 2 amide bonds. The second kappa shape index (κ2) is 8.40. The van der Waals surface area contributed by atoms with Crippen LogP contribution in [0, 0.1) is 0 Å². The number of aromatic nitrogens is 2. The zero-order chi connectivity index (χ0) is 20.1. The van der Waals surface area contributed by atoms with Crippen molar-refractivity contribution in [2.75, 3.05) is 18.5 Å². The number of nitrogens with one attached hydrogen (secondary N) is 4. The smallest absolute Gasteiger partial charge is 0.272 e. The van der Waals surface area contributed by atoms with Gasteiger partial charge in [0, 0.05) is 0 Å². The van der Waals surface area contributed by atoms with E-state index >= 15 is 0 Å². The molecule has 3 rings (SSSR count). The number of amides is 2. The number of hydrogen-bond acceptors (Lipinski definition) is 5. The van der Waals surface area contributed by atoms with Crippen molar-refractivity contribution >= 4 is 39.9 Å². The van der Waals surface area contributed by atoms with E-state index in [0.717, 1.165) is 0 Å². The van der Waals surface area contributed by atoms with Crippen LogP contribution in [-0.4, -0.2) is 35.2 Å². The van der Waals surface area contributed by atoms with Crippen LogP contribution >= 0.6 is 11.6 Å². The Bertz CT molecular complexity index is 1150. The molecule has 0 unspecified atom stereocenters. The second-order valence-corrected chi connectivity index (χ2v) is 6.09. The Balaban J connectivity index is 1.59. The molecule has 1 aromatic heterocycles. The van der Waals surface area contributed by atoms with Gasteiger partial charge in [-0.15, -0.1) is 0 Å². The van der Waals surface area contributed by atoms with E-state index in [1.165, 1.54) is 18.2 Å². The van der Waals surface area contributed by atoms with E-state index in [-0.39, 0.29) is 29.6 Å². The van der Waals surface area contributed by atoms with Gasteiger partial charge in [0.25, 0.3) is 17.0 Å². The molecule has 0 radical (unpaired) electrons. The Morgan fingerprint density at radius 1 is 0.964 bits per heavy atom. The molecule has 0 saturated carbocycles. The molecule has 0 fully saturated rings. The first kappa shape index (κ1) is 19.2. The largest absolute Gasteiger partial charge is 0.482 e. The lowest BCUT2D eigenvalue weighted by atomic mass is 10.1. The van der Waals surface area contributed by atoms with Crippen LogP contribution in [0.4, 0.5) is 5.69 Å². The number of aromatic amines is 2. The Labute approximate surface area is 162 Å². The molecule has 9 nitrogen and oxygen atoms in total. The van der Waals surface area contributed by atoms with Crippen molar-refractivity contribution in [3.05, 3.63) is 68.2 Å². The number of rotatable bonds is 6. The summed E-state index contributed by atoms with van der Waals surface area (Å²) in [4.78, 5) is 47.7. The van der Waals surface area contributed by atoms with Gasteiger partial charge in [-0.05, 0) is 24.3 Å². The van der Waals surface area contributed by atoms with Crippen LogP contribution in [-0.2, 0) is 9.59 Å². The van der Waals surface area contributed by atoms with Gasteiger partial charge >= 0.3 is 0 Å². The third kappa shape index (κ3) is 4.38. The van der Waals surface area contributed by atoms with E-state index in [9.17, 15) is 19.2 Å². The van der Waals surface area contributed by atoms with Gasteiger partial charge in [0.05, 0.1) is 28.0 Å². The maximum atomic E-state index is 12.1. The molecule has 10 heteroatoms. The van der Waals surface area contributed by atoms with Crippen molar-refractivity contribution in [1.29, 1.82) is 0 Å². The van der Waals surface area contributed by atoms with Crippen molar-refractivity contribution in [2.24, 2.45) is 0 Å². The normalized spacial score (nSPS) is 10.5.